The lowest BCUT2D eigenvalue weighted by atomic mass is 10.1. The lowest BCUT2D eigenvalue weighted by molar-refractivity contribution is 0.282. The Morgan fingerprint density at radius 3 is 2.37 bits per heavy atom. The average Bonchev–Trinajstić information content (AvgIpc) is 2.94. The Labute approximate surface area is 119 Å². The number of aryl methyl sites for hydroxylation is 1. The molecule has 1 aromatic heterocycles. The van der Waals surface area contributed by atoms with E-state index in [9.17, 15) is 0 Å². The Morgan fingerprint density at radius 2 is 1.79 bits per heavy atom. The third-order valence-corrected chi connectivity index (χ3v) is 4.69. The third-order valence-electron chi connectivity index (χ3n) is 3.28. The first-order valence-electron chi connectivity index (χ1n) is 6.73. The summed E-state index contributed by atoms with van der Waals surface area (Å²) in [4.78, 5) is 2.83. The molecule has 2 aromatic rings. The van der Waals surface area contributed by atoms with E-state index in [1.54, 1.807) is 0 Å². The predicted octanol–water partition coefficient (Wildman–Crippen LogP) is 3.65. The molecule has 0 bridgehead atoms. The number of aliphatic hydroxyl groups is 1. The van der Waals surface area contributed by atoms with Crippen molar-refractivity contribution in [3.05, 3.63) is 57.3 Å². The number of hydrogen-bond donors (Lipinski definition) is 2. The van der Waals surface area contributed by atoms with Crippen LogP contribution in [0.4, 0.5) is 0 Å². The van der Waals surface area contributed by atoms with Gasteiger partial charge in [-0.05, 0) is 36.6 Å². The maximum Gasteiger partial charge on any atom is 0.0681 e. The number of hydrogen-bond acceptors (Lipinski definition) is 3. The van der Waals surface area contributed by atoms with Crippen LogP contribution in [0.5, 0.6) is 0 Å². The van der Waals surface area contributed by atoms with Crippen molar-refractivity contribution in [2.45, 2.75) is 39.5 Å². The molecule has 0 fully saturated rings. The van der Waals surface area contributed by atoms with Gasteiger partial charge in [0, 0.05) is 22.3 Å². The lowest BCUT2D eigenvalue weighted by Gasteiger charge is -2.12. The second-order valence-electron chi connectivity index (χ2n) is 4.73. The molecule has 1 atom stereocenters. The molecule has 2 rings (SSSR count). The van der Waals surface area contributed by atoms with Crippen LogP contribution in [0.1, 0.15) is 40.8 Å². The topological polar surface area (TPSA) is 32.3 Å². The number of aliphatic hydroxyl groups excluding tert-OH is 1. The first kappa shape index (κ1) is 14.3. The van der Waals surface area contributed by atoms with Crippen LogP contribution in [-0.2, 0) is 19.6 Å². The quantitative estimate of drug-likeness (QED) is 0.843. The molecule has 0 spiro atoms. The third kappa shape index (κ3) is 3.90. The van der Waals surface area contributed by atoms with E-state index >= 15 is 0 Å². The molecule has 0 amide bonds. The zero-order valence-corrected chi connectivity index (χ0v) is 12.3. The first-order valence-corrected chi connectivity index (χ1v) is 7.55. The number of thiophene rings is 1. The van der Waals surface area contributed by atoms with Crippen LogP contribution < -0.4 is 5.32 Å². The van der Waals surface area contributed by atoms with E-state index in [-0.39, 0.29) is 6.61 Å². The van der Waals surface area contributed by atoms with Gasteiger partial charge >= 0.3 is 0 Å². The highest BCUT2D eigenvalue weighted by Crippen LogP contribution is 2.23. The minimum absolute atomic E-state index is 0.110. The molecule has 0 radical (unpaired) electrons. The molecule has 1 unspecified atom stereocenters. The summed E-state index contributed by atoms with van der Waals surface area (Å²) in [6, 6.07) is 12.9. The SMILES string of the molecule is CCc1ccc(C(C)NCc2ccc(CO)cc2)s1. The normalized spacial score (nSPS) is 12.6. The van der Waals surface area contributed by atoms with Crippen LogP contribution in [0.25, 0.3) is 0 Å². The van der Waals surface area contributed by atoms with Crippen molar-refractivity contribution < 1.29 is 5.11 Å². The van der Waals surface area contributed by atoms with Crippen LogP contribution in [0.2, 0.25) is 0 Å². The molecule has 0 aliphatic carbocycles. The van der Waals surface area contributed by atoms with Crippen molar-refractivity contribution in [3.8, 4) is 0 Å². The van der Waals surface area contributed by atoms with Crippen LogP contribution >= 0.6 is 11.3 Å². The maximum atomic E-state index is 9.01. The summed E-state index contributed by atoms with van der Waals surface area (Å²) in [6.07, 6.45) is 1.11. The van der Waals surface area contributed by atoms with Gasteiger partial charge in [-0.1, -0.05) is 31.2 Å². The Hall–Kier alpha value is -1.16. The molecule has 2 nitrogen and oxygen atoms in total. The van der Waals surface area contributed by atoms with Crippen molar-refractivity contribution >= 4 is 11.3 Å². The van der Waals surface area contributed by atoms with Gasteiger partial charge in [0.25, 0.3) is 0 Å². The molecule has 1 heterocycles. The average molecular weight is 275 g/mol. The molecule has 1 aromatic carbocycles. The van der Waals surface area contributed by atoms with E-state index in [0.717, 1.165) is 18.5 Å². The Bertz CT molecular complexity index is 504. The second-order valence-corrected chi connectivity index (χ2v) is 5.93. The Kier molecular flexibility index (Phi) is 5.14. The number of rotatable bonds is 6. The Balaban J connectivity index is 1.90. The first-order chi connectivity index (χ1) is 9.22. The van der Waals surface area contributed by atoms with Gasteiger partial charge in [-0.3, -0.25) is 0 Å². The smallest absolute Gasteiger partial charge is 0.0681 e. The van der Waals surface area contributed by atoms with Gasteiger partial charge in [-0.15, -0.1) is 11.3 Å². The van der Waals surface area contributed by atoms with Gasteiger partial charge in [0.2, 0.25) is 0 Å². The molecule has 19 heavy (non-hydrogen) atoms. The van der Waals surface area contributed by atoms with Crippen molar-refractivity contribution in [2.24, 2.45) is 0 Å². The summed E-state index contributed by atoms with van der Waals surface area (Å²) >= 11 is 1.89. The Morgan fingerprint density at radius 1 is 1.11 bits per heavy atom. The summed E-state index contributed by atoms with van der Waals surface area (Å²) in [6.45, 7) is 5.36. The summed E-state index contributed by atoms with van der Waals surface area (Å²) in [5.41, 5.74) is 2.21. The van der Waals surface area contributed by atoms with Crippen LogP contribution in [0.3, 0.4) is 0 Å². The molecule has 0 aliphatic heterocycles. The van der Waals surface area contributed by atoms with E-state index in [1.165, 1.54) is 15.3 Å². The van der Waals surface area contributed by atoms with Gasteiger partial charge < -0.3 is 10.4 Å². The van der Waals surface area contributed by atoms with Crippen LogP contribution in [0.15, 0.2) is 36.4 Å². The van der Waals surface area contributed by atoms with E-state index in [4.69, 9.17) is 5.11 Å². The highest BCUT2D eigenvalue weighted by Gasteiger charge is 2.07. The molecule has 0 aliphatic rings. The molecule has 0 saturated heterocycles. The summed E-state index contributed by atoms with van der Waals surface area (Å²) in [5.74, 6) is 0. The zero-order valence-electron chi connectivity index (χ0n) is 11.5. The van der Waals surface area contributed by atoms with Gasteiger partial charge in [0.15, 0.2) is 0 Å². The standard InChI is InChI=1S/C16H21NOS/c1-3-15-8-9-16(19-15)12(2)17-10-13-4-6-14(11-18)7-5-13/h4-9,12,17-18H,3,10-11H2,1-2H3. The van der Waals surface area contributed by atoms with Gasteiger partial charge in [0.05, 0.1) is 6.61 Å². The highest BCUT2D eigenvalue weighted by atomic mass is 32.1. The summed E-state index contributed by atoms with van der Waals surface area (Å²) in [5, 5.41) is 12.5. The molecule has 3 heteroatoms. The van der Waals surface area contributed by atoms with Gasteiger partial charge in [-0.25, -0.2) is 0 Å². The van der Waals surface area contributed by atoms with Gasteiger partial charge in [-0.2, -0.15) is 0 Å². The molecular weight excluding hydrogens is 254 g/mol. The fourth-order valence-corrected chi connectivity index (χ4v) is 2.93. The lowest BCUT2D eigenvalue weighted by Crippen LogP contribution is -2.17. The maximum absolute atomic E-state index is 9.01. The van der Waals surface area contributed by atoms with E-state index in [1.807, 2.05) is 23.5 Å². The van der Waals surface area contributed by atoms with E-state index < -0.39 is 0 Å². The summed E-state index contributed by atoms with van der Waals surface area (Å²) < 4.78 is 0. The van der Waals surface area contributed by atoms with E-state index in [2.05, 4.69) is 43.4 Å². The monoisotopic (exact) mass is 275 g/mol. The fourth-order valence-electron chi connectivity index (χ4n) is 1.95. The highest BCUT2D eigenvalue weighted by molar-refractivity contribution is 7.12. The van der Waals surface area contributed by atoms with E-state index in [0.29, 0.717) is 6.04 Å². The molecule has 102 valence electrons. The molecule has 2 N–H and O–H groups in total. The van der Waals surface area contributed by atoms with Crippen molar-refractivity contribution in [3.63, 3.8) is 0 Å². The minimum Gasteiger partial charge on any atom is -0.392 e. The van der Waals surface area contributed by atoms with Crippen molar-refractivity contribution in [1.82, 2.24) is 5.32 Å². The minimum atomic E-state index is 0.110. The van der Waals surface area contributed by atoms with Crippen LogP contribution in [0, 0.1) is 0 Å². The fraction of sp³-hybridized carbons (Fsp3) is 0.375. The number of benzene rings is 1. The van der Waals surface area contributed by atoms with Crippen molar-refractivity contribution in [2.75, 3.05) is 0 Å². The van der Waals surface area contributed by atoms with Crippen molar-refractivity contribution in [1.29, 1.82) is 0 Å². The largest absolute Gasteiger partial charge is 0.392 e. The van der Waals surface area contributed by atoms with Crippen LogP contribution in [-0.4, -0.2) is 5.11 Å². The zero-order chi connectivity index (χ0) is 13.7. The molecular formula is C16H21NOS. The second kappa shape index (κ2) is 6.85. The predicted molar refractivity (Wildman–Crippen MR) is 81.3 cm³/mol. The summed E-state index contributed by atoms with van der Waals surface area (Å²) in [7, 11) is 0. The van der Waals surface area contributed by atoms with Gasteiger partial charge in [0.1, 0.15) is 0 Å². The molecule has 0 saturated carbocycles. The number of nitrogens with one attached hydrogen (secondary N) is 1.